The molecule has 0 aromatic heterocycles. The van der Waals surface area contributed by atoms with E-state index in [1.165, 1.54) is 57.9 Å². The highest BCUT2D eigenvalue weighted by molar-refractivity contribution is 4.51. The molecule has 1 heterocycles. The topological polar surface area (TPSA) is 21.3 Å². The van der Waals surface area contributed by atoms with Crippen LogP contribution in [0.5, 0.6) is 0 Å². The largest absolute Gasteiger partial charge is 0.380 e. The van der Waals surface area contributed by atoms with Gasteiger partial charge < -0.3 is 10.1 Å². The van der Waals surface area contributed by atoms with Crippen LogP contribution in [0, 0.1) is 0 Å². The molecule has 0 bridgehead atoms. The minimum atomic E-state index is 0.889. The summed E-state index contributed by atoms with van der Waals surface area (Å²) in [6.07, 6.45) is 11.0. The van der Waals surface area contributed by atoms with E-state index in [9.17, 15) is 0 Å². The van der Waals surface area contributed by atoms with Crippen LogP contribution in [0.3, 0.4) is 0 Å². The Morgan fingerprint density at radius 2 is 1.21 bits per heavy atom. The third-order valence-electron chi connectivity index (χ3n) is 2.82. The monoisotopic (exact) mass is 199 g/mol. The molecular weight excluding hydrogens is 174 g/mol. The first kappa shape index (κ1) is 12.0. The Morgan fingerprint density at radius 3 is 2.00 bits per heavy atom. The lowest BCUT2D eigenvalue weighted by atomic mass is 10.1. The lowest BCUT2D eigenvalue weighted by Gasteiger charge is -2.08. The van der Waals surface area contributed by atoms with E-state index in [2.05, 4.69) is 5.32 Å². The van der Waals surface area contributed by atoms with Crippen molar-refractivity contribution in [2.75, 3.05) is 26.3 Å². The van der Waals surface area contributed by atoms with Gasteiger partial charge in [0.1, 0.15) is 0 Å². The van der Waals surface area contributed by atoms with Gasteiger partial charge in [-0.05, 0) is 19.4 Å². The van der Waals surface area contributed by atoms with Crippen molar-refractivity contribution in [2.24, 2.45) is 0 Å². The minimum absolute atomic E-state index is 0.889. The summed E-state index contributed by atoms with van der Waals surface area (Å²) in [5.74, 6) is 0. The Balaban J connectivity index is 2.00. The summed E-state index contributed by atoms with van der Waals surface area (Å²) in [4.78, 5) is 0. The van der Waals surface area contributed by atoms with Crippen LogP contribution >= 0.6 is 0 Å². The molecule has 0 aromatic carbocycles. The van der Waals surface area contributed by atoms with Gasteiger partial charge in [-0.15, -0.1) is 0 Å². The molecule has 0 unspecified atom stereocenters. The van der Waals surface area contributed by atoms with Crippen molar-refractivity contribution in [3.8, 4) is 0 Å². The van der Waals surface area contributed by atoms with Gasteiger partial charge in [-0.1, -0.05) is 38.5 Å². The lowest BCUT2D eigenvalue weighted by molar-refractivity contribution is 0.131. The molecule has 1 rings (SSSR count). The molecule has 1 fully saturated rings. The van der Waals surface area contributed by atoms with Gasteiger partial charge in [-0.3, -0.25) is 0 Å². The van der Waals surface area contributed by atoms with Gasteiger partial charge in [0.15, 0.2) is 0 Å². The summed E-state index contributed by atoms with van der Waals surface area (Å²) in [6.45, 7) is 4.05. The summed E-state index contributed by atoms with van der Waals surface area (Å²) in [6, 6.07) is 0. The summed E-state index contributed by atoms with van der Waals surface area (Å²) >= 11 is 0. The zero-order valence-electron chi connectivity index (χ0n) is 9.39. The smallest absolute Gasteiger partial charge is 0.0590 e. The highest BCUT2D eigenvalue weighted by Gasteiger charge is 1.95. The maximum atomic E-state index is 5.52. The molecule has 0 aliphatic carbocycles. The van der Waals surface area contributed by atoms with Crippen LogP contribution in [-0.4, -0.2) is 26.3 Å². The zero-order valence-corrected chi connectivity index (χ0v) is 9.39. The first-order chi connectivity index (χ1) is 7.00. The van der Waals surface area contributed by atoms with Crippen LogP contribution in [0.1, 0.15) is 51.4 Å². The first-order valence-corrected chi connectivity index (χ1v) is 6.28. The van der Waals surface area contributed by atoms with E-state index in [0.29, 0.717) is 0 Å². The van der Waals surface area contributed by atoms with E-state index in [4.69, 9.17) is 4.74 Å². The first-order valence-electron chi connectivity index (χ1n) is 6.28. The second-order valence-corrected chi connectivity index (χ2v) is 4.19. The van der Waals surface area contributed by atoms with E-state index < -0.39 is 0 Å². The molecule has 1 aliphatic heterocycles. The quantitative estimate of drug-likeness (QED) is 0.647. The van der Waals surface area contributed by atoms with Gasteiger partial charge in [-0.2, -0.15) is 0 Å². The van der Waals surface area contributed by atoms with Crippen LogP contribution in [-0.2, 0) is 4.74 Å². The molecule has 1 saturated heterocycles. The molecule has 0 saturated carbocycles. The molecule has 0 atom stereocenters. The van der Waals surface area contributed by atoms with Gasteiger partial charge in [0.05, 0.1) is 6.61 Å². The van der Waals surface area contributed by atoms with E-state index in [0.717, 1.165) is 19.8 Å². The Kier molecular flexibility index (Phi) is 8.12. The summed E-state index contributed by atoms with van der Waals surface area (Å²) in [7, 11) is 0. The van der Waals surface area contributed by atoms with E-state index in [-0.39, 0.29) is 0 Å². The van der Waals surface area contributed by atoms with Crippen molar-refractivity contribution < 1.29 is 4.74 Å². The molecule has 14 heavy (non-hydrogen) atoms. The maximum absolute atomic E-state index is 5.52. The van der Waals surface area contributed by atoms with E-state index in [1.807, 2.05) is 0 Å². The molecule has 1 N–H and O–H groups in total. The maximum Gasteiger partial charge on any atom is 0.0590 e. The van der Waals surface area contributed by atoms with Gasteiger partial charge in [0, 0.05) is 13.2 Å². The standard InChI is InChI=1S/C12H25NO/c1-2-4-6-8-11-14-12-10-13-9-7-5-3-1/h13H,1-12H2. The molecule has 0 amide bonds. The molecule has 0 radical (unpaired) electrons. The van der Waals surface area contributed by atoms with Crippen molar-refractivity contribution in [1.29, 1.82) is 0 Å². The summed E-state index contributed by atoms with van der Waals surface area (Å²) in [5.41, 5.74) is 0. The van der Waals surface area contributed by atoms with Gasteiger partial charge in [-0.25, -0.2) is 0 Å². The third-order valence-corrected chi connectivity index (χ3v) is 2.82. The molecule has 0 aromatic rings. The Labute approximate surface area is 88.4 Å². The fourth-order valence-corrected chi connectivity index (χ4v) is 1.89. The number of nitrogens with one attached hydrogen (secondary N) is 1. The average molecular weight is 199 g/mol. The molecule has 2 nitrogen and oxygen atoms in total. The molecule has 1 aliphatic rings. The van der Waals surface area contributed by atoms with Gasteiger partial charge >= 0.3 is 0 Å². The molecule has 0 spiro atoms. The number of rotatable bonds is 0. The van der Waals surface area contributed by atoms with Crippen molar-refractivity contribution in [1.82, 2.24) is 5.32 Å². The number of hydrogen-bond donors (Lipinski definition) is 1. The molecule has 84 valence electrons. The van der Waals surface area contributed by atoms with Gasteiger partial charge in [0.25, 0.3) is 0 Å². The van der Waals surface area contributed by atoms with Crippen molar-refractivity contribution in [3.63, 3.8) is 0 Å². The van der Waals surface area contributed by atoms with E-state index >= 15 is 0 Å². The van der Waals surface area contributed by atoms with Gasteiger partial charge in [0.2, 0.25) is 0 Å². The molecule has 2 heteroatoms. The summed E-state index contributed by atoms with van der Waals surface area (Å²) in [5, 5.41) is 3.41. The van der Waals surface area contributed by atoms with Crippen molar-refractivity contribution in [3.05, 3.63) is 0 Å². The third kappa shape index (κ3) is 7.34. The number of hydrogen-bond acceptors (Lipinski definition) is 2. The predicted molar refractivity (Wildman–Crippen MR) is 60.6 cm³/mol. The van der Waals surface area contributed by atoms with Crippen LogP contribution in [0.25, 0.3) is 0 Å². The van der Waals surface area contributed by atoms with Crippen molar-refractivity contribution >= 4 is 0 Å². The second-order valence-electron chi connectivity index (χ2n) is 4.19. The molecular formula is C12H25NO. The fourth-order valence-electron chi connectivity index (χ4n) is 1.89. The minimum Gasteiger partial charge on any atom is -0.380 e. The lowest BCUT2D eigenvalue weighted by Crippen LogP contribution is -2.21. The Morgan fingerprint density at radius 1 is 0.571 bits per heavy atom. The SMILES string of the molecule is C1CCCCCOCCNCCCC1. The Bertz CT molecular complexity index is 63.6. The second kappa shape index (κ2) is 9.47. The average Bonchev–Trinajstić information content (AvgIpc) is 2.22. The van der Waals surface area contributed by atoms with Crippen LogP contribution in [0.15, 0.2) is 0 Å². The number of ether oxygens (including phenoxy) is 1. The van der Waals surface area contributed by atoms with Crippen LogP contribution in [0.2, 0.25) is 0 Å². The summed E-state index contributed by atoms with van der Waals surface area (Å²) < 4.78 is 5.52. The van der Waals surface area contributed by atoms with Crippen LogP contribution < -0.4 is 5.32 Å². The highest BCUT2D eigenvalue weighted by Crippen LogP contribution is 2.08. The Hall–Kier alpha value is -0.0800. The predicted octanol–water partition coefficient (Wildman–Crippen LogP) is 2.73. The zero-order chi connectivity index (χ0) is 9.90. The normalized spacial score (nSPS) is 24.0. The van der Waals surface area contributed by atoms with E-state index in [1.54, 1.807) is 0 Å². The van der Waals surface area contributed by atoms with Crippen LogP contribution in [0.4, 0.5) is 0 Å². The highest BCUT2D eigenvalue weighted by atomic mass is 16.5. The fraction of sp³-hybridized carbons (Fsp3) is 1.00. The van der Waals surface area contributed by atoms with Crippen molar-refractivity contribution in [2.45, 2.75) is 51.4 Å².